The first-order chi connectivity index (χ1) is 12.5. The monoisotopic (exact) mass is 362 g/mol. The molecule has 1 saturated heterocycles. The number of aromatic nitrogens is 2. The summed E-state index contributed by atoms with van der Waals surface area (Å²) < 4.78 is 1.44. The van der Waals surface area contributed by atoms with Gasteiger partial charge in [0.2, 0.25) is 5.91 Å². The minimum absolute atomic E-state index is 0.0616. The van der Waals surface area contributed by atoms with Crippen LogP contribution < -0.4 is 5.32 Å². The molecule has 1 aliphatic heterocycles. The molecule has 1 aromatic rings. The van der Waals surface area contributed by atoms with Crippen LogP contribution in [0.1, 0.15) is 61.7 Å². The van der Waals surface area contributed by atoms with E-state index in [4.69, 9.17) is 0 Å². The minimum atomic E-state index is -0.975. The van der Waals surface area contributed by atoms with Gasteiger partial charge in [-0.15, -0.1) is 0 Å². The van der Waals surface area contributed by atoms with E-state index in [1.807, 2.05) is 0 Å². The summed E-state index contributed by atoms with van der Waals surface area (Å²) >= 11 is 0. The molecular formula is C18H26N4O4. The van der Waals surface area contributed by atoms with Crippen molar-refractivity contribution < 1.29 is 19.5 Å². The van der Waals surface area contributed by atoms with Crippen LogP contribution in [0, 0.1) is 0 Å². The first-order valence-electron chi connectivity index (χ1n) is 9.40. The molecule has 2 N–H and O–H groups in total. The number of aliphatic carboxylic acids is 1. The lowest BCUT2D eigenvalue weighted by Gasteiger charge is -2.32. The van der Waals surface area contributed by atoms with E-state index in [2.05, 4.69) is 10.4 Å². The summed E-state index contributed by atoms with van der Waals surface area (Å²) in [6, 6.07) is -0.549. The molecule has 26 heavy (non-hydrogen) atoms. The van der Waals surface area contributed by atoms with E-state index in [0.29, 0.717) is 18.5 Å². The molecule has 0 bridgehead atoms. The summed E-state index contributed by atoms with van der Waals surface area (Å²) in [5.74, 6) is -1.42. The highest BCUT2D eigenvalue weighted by molar-refractivity contribution is 5.96. The number of hydrogen-bond donors (Lipinski definition) is 2. The largest absolute Gasteiger partial charge is 0.480 e. The van der Waals surface area contributed by atoms with Gasteiger partial charge in [-0.1, -0.05) is 19.3 Å². The summed E-state index contributed by atoms with van der Waals surface area (Å²) in [5.41, 5.74) is 0.323. The number of nitrogens with one attached hydrogen (secondary N) is 1. The number of nitrogens with zero attached hydrogens (tertiary/aromatic N) is 3. The predicted octanol–water partition coefficient (Wildman–Crippen LogP) is 1.41. The number of carboxylic acids is 1. The maximum Gasteiger partial charge on any atom is 0.326 e. The van der Waals surface area contributed by atoms with Crippen molar-refractivity contribution in [2.75, 3.05) is 6.54 Å². The molecule has 1 unspecified atom stereocenters. The van der Waals surface area contributed by atoms with E-state index in [0.717, 1.165) is 38.5 Å². The molecule has 142 valence electrons. The van der Waals surface area contributed by atoms with Gasteiger partial charge in [-0.2, -0.15) is 5.10 Å². The van der Waals surface area contributed by atoms with Gasteiger partial charge in [0.05, 0.1) is 11.8 Å². The molecule has 1 aliphatic carbocycles. The second kappa shape index (κ2) is 8.33. The summed E-state index contributed by atoms with van der Waals surface area (Å²) in [5, 5.41) is 16.4. The molecule has 8 heteroatoms. The maximum atomic E-state index is 12.6. The Labute approximate surface area is 152 Å². The second-order valence-corrected chi connectivity index (χ2v) is 7.18. The Hall–Kier alpha value is -2.38. The number of carbonyl (C=O) groups is 3. The van der Waals surface area contributed by atoms with Crippen molar-refractivity contribution in [3.05, 3.63) is 18.0 Å². The van der Waals surface area contributed by atoms with Crippen LogP contribution in [0.25, 0.3) is 0 Å². The van der Waals surface area contributed by atoms with E-state index >= 15 is 0 Å². The van der Waals surface area contributed by atoms with Crippen molar-refractivity contribution >= 4 is 17.8 Å². The van der Waals surface area contributed by atoms with Crippen LogP contribution >= 0.6 is 0 Å². The molecular weight excluding hydrogens is 336 g/mol. The van der Waals surface area contributed by atoms with E-state index in [9.17, 15) is 19.5 Å². The SMILES string of the molecule is O=C(Cn1cc(C(=O)N2CCCCC2C(=O)O)cn1)NC1CCCCC1. The zero-order chi connectivity index (χ0) is 18.5. The number of carbonyl (C=O) groups excluding carboxylic acids is 2. The molecule has 3 rings (SSSR count). The Balaban J connectivity index is 1.58. The topological polar surface area (TPSA) is 105 Å². The molecule has 0 radical (unpaired) electrons. The average Bonchev–Trinajstić information content (AvgIpc) is 3.10. The third kappa shape index (κ3) is 4.42. The highest BCUT2D eigenvalue weighted by atomic mass is 16.4. The van der Waals surface area contributed by atoms with Gasteiger partial charge in [-0.25, -0.2) is 4.79 Å². The van der Waals surface area contributed by atoms with Crippen LogP contribution in [-0.2, 0) is 16.1 Å². The highest BCUT2D eigenvalue weighted by Gasteiger charge is 2.33. The zero-order valence-corrected chi connectivity index (χ0v) is 14.9. The van der Waals surface area contributed by atoms with Crippen molar-refractivity contribution in [3.8, 4) is 0 Å². The number of hydrogen-bond acceptors (Lipinski definition) is 4. The standard InChI is InChI=1S/C18H26N4O4/c23-16(20-14-6-2-1-3-7-14)12-21-11-13(10-19-21)17(24)22-9-5-4-8-15(22)18(25)26/h10-11,14-15H,1-9,12H2,(H,20,23)(H,25,26). The molecule has 2 fully saturated rings. The quantitative estimate of drug-likeness (QED) is 0.824. The van der Waals surface area contributed by atoms with Crippen molar-refractivity contribution in [1.82, 2.24) is 20.0 Å². The number of piperidine rings is 1. The van der Waals surface area contributed by atoms with Crippen LogP contribution in [0.4, 0.5) is 0 Å². The van der Waals surface area contributed by atoms with Gasteiger partial charge in [0.1, 0.15) is 12.6 Å². The lowest BCUT2D eigenvalue weighted by Crippen LogP contribution is -2.47. The zero-order valence-electron chi connectivity index (χ0n) is 14.9. The van der Waals surface area contributed by atoms with E-state index in [1.165, 1.54) is 28.4 Å². The molecule has 2 amide bonds. The van der Waals surface area contributed by atoms with Crippen LogP contribution in [0.2, 0.25) is 0 Å². The first-order valence-corrected chi connectivity index (χ1v) is 9.40. The molecule has 1 saturated carbocycles. The molecule has 2 heterocycles. The normalized spacial score (nSPS) is 21.4. The van der Waals surface area contributed by atoms with Crippen molar-refractivity contribution in [2.45, 2.75) is 70.0 Å². The Kier molecular flexibility index (Phi) is 5.90. The number of rotatable bonds is 5. The van der Waals surface area contributed by atoms with Crippen LogP contribution in [0.5, 0.6) is 0 Å². The van der Waals surface area contributed by atoms with Gasteiger partial charge in [0.25, 0.3) is 5.91 Å². The Bertz CT molecular complexity index is 666. The fraction of sp³-hybridized carbons (Fsp3) is 0.667. The molecule has 8 nitrogen and oxygen atoms in total. The molecule has 0 spiro atoms. The molecule has 0 aromatic carbocycles. The van der Waals surface area contributed by atoms with Crippen molar-refractivity contribution in [1.29, 1.82) is 0 Å². The third-order valence-electron chi connectivity index (χ3n) is 5.20. The second-order valence-electron chi connectivity index (χ2n) is 7.18. The fourth-order valence-electron chi connectivity index (χ4n) is 3.83. The van der Waals surface area contributed by atoms with Crippen LogP contribution in [0.15, 0.2) is 12.4 Å². The van der Waals surface area contributed by atoms with Crippen LogP contribution in [-0.4, -0.2) is 56.2 Å². The third-order valence-corrected chi connectivity index (χ3v) is 5.20. The van der Waals surface area contributed by atoms with Gasteiger partial charge in [0, 0.05) is 18.8 Å². The lowest BCUT2D eigenvalue weighted by molar-refractivity contribution is -0.143. The van der Waals surface area contributed by atoms with E-state index in [-0.39, 0.29) is 24.4 Å². The summed E-state index contributed by atoms with van der Waals surface area (Å²) in [4.78, 5) is 37.6. The van der Waals surface area contributed by atoms with Gasteiger partial charge in [-0.3, -0.25) is 14.3 Å². The van der Waals surface area contributed by atoms with Crippen LogP contribution in [0.3, 0.4) is 0 Å². The minimum Gasteiger partial charge on any atom is -0.480 e. The molecule has 2 aliphatic rings. The number of amides is 2. The Morgan fingerprint density at radius 2 is 1.85 bits per heavy atom. The van der Waals surface area contributed by atoms with Gasteiger partial charge < -0.3 is 15.3 Å². The maximum absolute atomic E-state index is 12.6. The Morgan fingerprint density at radius 3 is 2.58 bits per heavy atom. The summed E-state index contributed by atoms with van der Waals surface area (Å²) in [6.07, 6.45) is 10.6. The highest BCUT2D eigenvalue weighted by Crippen LogP contribution is 2.20. The van der Waals surface area contributed by atoms with Crippen molar-refractivity contribution in [3.63, 3.8) is 0 Å². The smallest absolute Gasteiger partial charge is 0.326 e. The average molecular weight is 362 g/mol. The van der Waals surface area contributed by atoms with E-state index < -0.39 is 12.0 Å². The fourth-order valence-corrected chi connectivity index (χ4v) is 3.83. The lowest BCUT2D eigenvalue weighted by atomic mass is 9.95. The Morgan fingerprint density at radius 1 is 1.12 bits per heavy atom. The van der Waals surface area contributed by atoms with Crippen molar-refractivity contribution in [2.24, 2.45) is 0 Å². The van der Waals surface area contributed by atoms with Gasteiger partial charge in [-0.05, 0) is 32.1 Å². The number of carboxylic acid groups (broad SMARTS) is 1. The molecule has 1 aromatic heterocycles. The number of likely N-dealkylation sites (tertiary alicyclic amines) is 1. The van der Waals surface area contributed by atoms with E-state index in [1.54, 1.807) is 0 Å². The summed E-state index contributed by atoms with van der Waals surface area (Å²) in [7, 11) is 0. The predicted molar refractivity (Wildman–Crippen MR) is 93.6 cm³/mol. The van der Waals surface area contributed by atoms with Gasteiger partial charge in [0.15, 0.2) is 0 Å². The molecule has 1 atom stereocenters. The summed E-state index contributed by atoms with van der Waals surface area (Å²) in [6.45, 7) is 0.495. The van der Waals surface area contributed by atoms with Gasteiger partial charge >= 0.3 is 5.97 Å². The first kappa shape index (κ1) is 18.4.